The minimum absolute atomic E-state index is 0.114. The molecule has 0 aromatic rings. The summed E-state index contributed by atoms with van der Waals surface area (Å²) in [5.41, 5.74) is 0. The molecule has 1 aliphatic rings. The van der Waals surface area contributed by atoms with E-state index < -0.39 is 82.6 Å². The third-order valence-electron chi connectivity index (χ3n) is 4.29. The molecule has 1 atom stereocenters. The lowest BCUT2D eigenvalue weighted by atomic mass is 9.88. The summed E-state index contributed by atoms with van der Waals surface area (Å²) in [6.07, 6.45) is -11.9. The molecule has 22 heteroatoms. The number of alkyl halides is 17. The highest BCUT2D eigenvalue weighted by Crippen LogP contribution is 2.64. The zero-order valence-corrected chi connectivity index (χ0v) is 16.7. The highest BCUT2D eigenvalue weighted by atomic mass is 32.2. The van der Waals surface area contributed by atoms with E-state index in [4.69, 9.17) is 0 Å². The van der Waals surface area contributed by atoms with Gasteiger partial charge in [0.25, 0.3) is 10.1 Å². The fourth-order valence-electron chi connectivity index (χ4n) is 2.01. The van der Waals surface area contributed by atoms with Crippen molar-refractivity contribution in [2.24, 2.45) is 0 Å². The highest BCUT2D eigenvalue weighted by Gasteiger charge is 2.95. The Hall–Kier alpha value is -1.32. The summed E-state index contributed by atoms with van der Waals surface area (Å²) >= 11 is 0. The summed E-state index contributed by atoms with van der Waals surface area (Å²) in [5.74, 6) is -59.8. The Morgan fingerprint density at radius 2 is 0.971 bits per heavy atom. The number of rotatable bonds is 12. The summed E-state index contributed by atoms with van der Waals surface area (Å²) in [6.45, 7) is -1.02. The fourth-order valence-corrected chi connectivity index (χ4v) is 2.99. The van der Waals surface area contributed by atoms with Gasteiger partial charge < -0.3 is 4.74 Å². The minimum Gasteiger partial charge on any atom is -0.371 e. The number of halogens is 17. The van der Waals surface area contributed by atoms with E-state index in [1.54, 1.807) is 0 Å². The predicted molar refractivity (Wildman–Crippen MR) is 74.8 cm³/mol. The number of ether oxygens (including phenoxy) is 1. The lowest BCUT2D eigenvalue weighted by Gasteiger charge is -2.42. The molecule has 1 unspecified atom stereocenters. The van der Waals surface area contributed by atoms with Crippen LogP contribution in [0.4, 0.5) is 74.6 Å². The maximum Gasteiger partial charge on any atom is 0.460 e. The Morgan fingerprint density at radius 1 is 0.629 bits per heavy atom. The van der Waals surface area contributed by atoms with Crippen molar-refractivity contribution in [3.63, 3.8) is 0 Å². The third-order valence-corrected chi connectivity index (χ3v) is 5.49. The van der Waals surface area contributed by atoms with Gasteiger partial charge in [0.2, 0.25) is 0 Å². The molecule has 1 fully saturated rings. The Morgan fingerprint density at radius 3 is 1.31 bits per heavy atom. The zero-order valence-electron chi connectivity index (χ0n) is 15.9. The van der Waals surface area contributed by atoms with Gasteiger partial charge in [0.1, 0.15) is 6.10 Å². The predicted octanol–water partition coefficient (Wildman–Crippen LogP) is 5.13. The fraction of sp³-hybridized carbons (Fsp3) is 1.00. The summed E-state index contributed by atoms with van der Waals surface area (Å²) < 4.78 is 253. The van der Waals surface area contributed by atoms with E-state index in [-0.39, 0.29) is 6.61 Å². The van der Waals surface area contributed by atoms with E-state index in [0.717, 1.165) is 0 Å². The van der Waals surface area contributed by atoms with Crippen molar-refractivity contribution < 1.29 is 92.0 Å². The van der Waals surface area contributed by atoms with E-state index in [1.807, 2.05) is 0 Å². The van der Waals surface area contributed by atoms with Crippen LogP contribution in [-0.4, -0.2) is 81.1 Å². The first-order valence-electron chi connectivity index (χ1n) is 8.23. The standard InChI is InChI=1S/C13H9F17O4S/c14-6(15,1-2-35(31,32)34-4-5-3-33-5)7(16,17)8(18,19)9(20,21)10(22,23)11(24,25)12(26,27)13(28,29)30/h5H,1-4H2. The van der Waals surface area contributed by atoms with Gasteiger partial charge in [0, 0.05) is 6.42 Å². The van der Waals surface area contributed by atoms with Crippen molar-refractivity contribution in [3.8, 4) is 0 Å². The van der Waals surface area contributed by atoms with Crippen molar-refractivity contribution in [1.29, 1.82) is 0 Å². The molecule has 0 N–H and O–H groups in total. The minimum atomic E-state index is -8.73. The summed E-state index contributed by atoms with van der Waals surface area (Å²) in [7, 11) is -5.32. The van der Waals surface area contributed by atoms with Gasteiger partial charge >= 0.3 is 47.6 Å². The first kappa shape index (κ1) is 31.7. The van der Waals surface area contributed by atoms with Gasteiger partial charge in [-0.1, -0.05) is 0 Å². The van der Waals surface area contributed by atoms with Crippen molar-refractivity contribution in [2.75, 3.05) is 19.0 Å². The second-order valence-corrected chi connectivity index (χ2v) is 8.66. The number of hydrogen-bond acceptors (Lipinski definition) is 4. The van der Waals surface area contributed by atoms with Gasteiger partial charge in [-0.05, 0) is 0 Å². The zero-order chi connectivity index (χ0) is 28.3. The molecule has 1 saturated heterocycles. The van der Waals surface area contributed by atoms with Crippen LogP contribution in [0.1, 0.15) is 6.42 Å². The molecular formula is C13H9F17O4S. The Labute approximate surface area is 182 Å². The van der Waals surface area contributed by atoms with Crippen LogP contribution in [0.25, 0.3) is 0 Å². The van der Waals surface area contributed by atoms with E-state index >= 15 is 0 Å². The van der Waals surface area contributed by atoms with Crippen LogP contribution in [-0.2, 0) is 19.0 Å². The van der Waals surface area contributed by atoms with Gasteiger partial charge in [0.15, 0.2) is 0 Å². The van der Waals surface area contributed by atoms with Crippen molar-refractivity contribution in [3.05, 3.63) is 0 Å². The van der Waals surface area contributed by atoms with E-state index in [9.17, 15) is 83.1 Å². The molecule has 0 saturated carbocycles. The molecule has 0 aromatic heterocycles. The SMILES string of the molecule is O=S(=O)(CCC(F)(F)C(F)(F)C(F)(F)C(F)(F)C(F)(F)C(F)(F)C(F)(F)C(F)(F)F)OCC1CO1. The molecule has 4 nitrogen and oxygen atoms in total. The lowest BCUT2D eigenvalue weighted by molar-refractivity contribution is -0.461. The van der Waals surface area contributed by atoms with E-state index in [0.29, 0.717) is 0 Å². The molecule has 0 radical (unpaired) electrons. The molecule has 0 aromatic carbocycles. The van der Waals surface area contributed by atoms with Crippen LogP contribution in [0.15, 0.2) is 0 Å². The Kier molecular flexibility index (Phi) is 7.81. The Balaban J connectivity index is 3.35. The van der Waals surface area contributed by atoms with Crippen LogP contribution >= 0.6 is 0 Å². The molecule has 1 heterocycles. The smallest absolute Gasteiger partial charge is 0.371 e. The van der Waals surface area contributed by atoms with Crippen LogP contribution in [0.2, 0.25) is 0 Å². The van der Waals surface area contributed by atoms with Crippen LogP contribution in [0, 0.1) is 0 Å². The monoisotopic (exact) mass is 584 g/mol. The van der Waals surface area contributed by atoms with Gasteiger partial charge in [0.05, 0.1) is 19.0 Å². The first-order chi connectivity index (χ1) is 15.0. The number of hydrogen-bond donors (Lipinski definition) is 0. The lowest BCUT2D eigenvalue weighted by Crippen LogP contribution is -2.74. The molecule has 0 amide bonds. The number of epoxide rings is 1. The molecule has 1 rings (SSSR count). The van der Waals surface area contributed by atoms with Crippen molar-refractivity contribution in [2.45, 2.75) is 60.2 Å². The highest BCUT2D eigenvalue weighted by molar-refractivity contribution is 7.86. The third kappa shape index (κ3) is 5.10. The largest absolute Gasteiger partial charge is 0.460 e. The second-order valence-electron chi connectivity index (χ2n) is 6.90. The van der Waals surface area contributed by atoms with Gasteiger partial charge in [-0.3, -0.25) is 4.18 Å². The first-order valence-corrected chi connectivity index (χ1v) is 9.81. The summed E-state index contributed by atoms with van der Waals surface area (Å²) in [4.78, 5) is 0. The molecule has 0 aliphatic carbocycles. The topological polar surface area (TPSA) is 55.9 Å². The van der Waals surface area contributed by atoms with Gasteiger partial charge in [-0.25, -0.2) is 0 Å². The molecule has 210 valence electrons. The van der Waals surface area contributed by atoms with Crippen molar-refractivity contribution >= 4 is 10.1 Å². The van der Waals surface area contributed by atoms with Crippen LogP contribution in [0.3, 0.4) is 0 Å². The van der Waals surface area contributed by atoms with E-state index in [2.05, 4.69) is 8.92 Å². The molecule has 0 spiro atoms. The summed E-state index contributed by atoms with van der Waals surface area (Å²) in [5, 5.41) is 0. The molecule has 35 heavy (non-hydrogen) atoms. The van der Waals surface area contributed by atoms with E-state index in [1.165, 1.54) is 0 Å². The van der Waals surface area contributed by atoms with Crippen LogP contribution in [0.5, 0.6) is 0 Å². The normalized spacial score (nSPS) is 19.7. The maximum atomic E-state index is 13.6. The second kappa shape index (κ2) is 8.62. The molecule has 1 aliphatic heterocycles. The average Bonchev–Trinajstić information content (AvgIpc) is 3.47. The maximum absolute atomic E-state index is 13.6. The average molecular weight is 584 g/mol. The molecule has 0 bridgehead atoms. The Bertz CT molecular complexity index is 875. The summed E-state index contributed by atoms with van der Waals surface area (Å²) in [6, 6.07) is 0. The molecular weight excluding hydrogens is 575 g/mol. The van der Waals surface area contributed by atoms with Crippen molar-refractivity contribution in [1.82, 2.24) is 0 Å². The quantitative estimate of drug-likeness (QED) is 0.182. The van der Waals surface area contributed by atoms with Gasteiger partial charge in [-0.15, -0.1) is 0 Å². The van der Waals surface area contributed by atoms with Gasteiger partial charge in [-0.2, -0.15) is 83.1 Å². The van der Waals surface area contributed by atoms with Crippen LogP contribution < -0.4 is 0 Å².